The Labute approximate surface area is 146 Å². The predicted octanol–water partition coefficient (Wildman–Crippen LogP) is 2.14. The highest BCUT2D eigenvalue weighted by Gasteiger charge is 2.20. The van der Waals surface area contributed by atoms with E-state index in [1.165, 1.54) is 19.3 Å². The summed E-state index contributed by atoms with van der Waals surface area (Å²) in [6.45, 7) is 8.74. The Bertz CT molecular complexity index is 407. The van der Waals surface area contributed by atoms with Crippen molar-refractivity contribution in [1.29, 1.82) is 0 Å². The minimum absolute atomic E-state index is 0.315. The summed E-state index contributed by atoms with van der Waals surface area (Å²) in [5, 5.41) is 6.15. The molecule has 0 aromatic heterocycles. The number of Topliss-reactive ketones (excluding diaryl/α,β-unsaturated/α-hetero) is 3. The van der Waals surface area contributed by atoms with Crippen LogP contribution in [0, 0.1) is 17.8 Å². The Morgan fingerprint density at radius 2 is 1.12 bits per heavy atom. The molecule has 138 valence electrons. The van der Waals surface area contributed by atoms with E-state index in [1.807, 2.05) is 0 Å². The monoisotopic (exact) mass is 338 g/mol. The molecule has 2 heterocycles. The first kappa shape index (κ1) is 21.0. The molecule has 0 radical (unpaired) electrons. The summed E-state index contributed by atoms with van der Waals surface area (Å²) in [4.78, 5) is 31.8. The smallest absolute Gasteiger partial charge is 0.135 e. The third-order valence-electron chi connectivity index (χ3n) is 5.17. The molecule has 0 aromatic rings. The zero-order valence-electron chi connectivity index (χ0n) is 15.5. The van der Waals surface area contributed by atoms with E-state index in [0.29, 0.717) is 35.1 Å². The lowest BCUT2D eigenvalue weighted by molar-refractivity contribution is -0.122. The topological polar surface area (TPSA) is 75.3 Å². The minimum Gasteiger partial charge on any atom is -0.316 e. The molecule has 3 rings (SSSR count). The summed E-state index contributed by atoms with van der Waals surface area (Å²) in [5.74, 6) is 2.11. The summed E-state index contributed by atoms with van der Waals surface area (Å²) in [7, 11) is 0. The van der Waals surface area contributed by atoms with Gasteiger partial charge in [0.2, 0.25) is 0 Å². The summed E-state index contributed by atoms with van der Waals surface area (Å²) in [6.07, 6.45) is 7.21. The molecule has 2 saturated heterocycles. The van der Waals surface area contributed by atoms with Crippen LogP contribution in [0.4, 0.5) is 0 Å². The van der Waals surface area contributed by atoms with Crippen molar-refractivity contribution in [2.75, 3.05) is 26.2 Å². The van der Waals surface area contributed by atoms with Gasteiger partial charge in [-0.25, -0.2) is 0 Å². The number of nitrogens with one attached hydrogen (secondary N) is 2. The van der Waals surface area contributed by atoms with Crippen LogP contribution in [0.25, 0.3) is 0 Å². The molecule has 3 aliphatic rings. The minimum atomic E-state index is 0.315. The second kappa shape index (κ2) is 11.5. The van der Waals surface area contributed by atoms with E-state index in [4.69, 9.17) is 0 Å². The fourth-order valence-corrected chi connectivity index (χ4v) is 3.09. The van der Waals surface area contributed by atoms with E-state index in [9.17, 15) is 14.4 Å². The van der Waals surface area contributed by atoms with E-state index in [1.54, 1.807) is 20.8 Å². The van der Waals surface area contributed by atoms with Gasteiger partial charge >= 0.3 is 0 Å². The average Bonchev–Trinajstić information content (AvgIpc) is 3.01. The molecule has 1 atom stereocenters. The second-order valence-electron chi connectivity index (χ2n) is 7.21. The lowest BCUT2D eigenvalue weighted by atomic mass is 9.87. The molecular formula is C19H34N2O3. The molecule has 3 fully saturated rings. The third kappa shape index (κ3) is 8.15. The van der Waals surface area contributed by atoms with Gasteiger partial charge in [0.25, 0.3) is 0 Å². The van der Waals surface area contributed by atoms with Crippen molar-refractivity contribution >= 4 is 17.3 Å². The molecule has 1 saturated carbocycles. The summed E-state index contributed by atoms with van der Waals surface area (Å²) >= 11 is 0. The molecule has 1 aliphatic carbocycles. The molecule has 0 bridgehead atoms. The molecule has 5 nitrogen and oxygen atoms in total. The van der Waals surface area contributed by atoms with Crippen molar-refractivity contribution in [3.05, 3.63) is 0 Å². The van der Waals surface area contributed by atoms with Gasteiger partial charge in [0.15, 0.2) is 0 Å². The van der Waals surface area contributed by atoms with Crippen LogP contribution >= 0.6 is 0 Å². The Morgan fingerprint density at radius 3 is 1.33 bits per heavy atom. The summed E-state index contributed by atoms with van der Waals surface area (Å²) < 4.78 is 0. The van der Waals surface area contributed by atoms with Crippen LogP contribution < -0.4 is 10.6 Å². The van der Waals surface area contributed by atoms with E-state index >= 15 is 0 Å². The van der Waals surface area contributed by atoms with E-state index < -0.39 is 0 Å². The predicted molar refractivity (Wildman–Crippen MR) is 96.0 cm³/mol. The maximum Gasteiger partial charge on any atom is 0.135 e. The Morgan fingerprint density at radius 1 is 0.625 bits per heavy atom. The maximum absolute atomic E-state index is 10.8. The molecule has 2 N–H and O–H groups in total. The lowest BCUT2D eigenvalue weighted by Crippen LogP contribution is -2.45. The number of ketones is 3. The van der Waals surface area contributed by atoms with Gasteiger partial charge in [0.1, 0.15) is 17.3 Å². The third-order valence-corrected chi connectivity index (χ3v) is 5.17. The number of carbonyl (C=O) groups excluding carboxylic acids is 3. The number of hydrogen-bond acceptors (Lipinski definition) is 5. The van der Waals surface area contributed by atoms with Gasteiger partial charge in [-0.05, 0) is 46.6 Å². The number of hydrogen-bond donors (Lipinski definition) is 2. The van der Waals surface area contributed by atoms with Crippen molar-refractivity contribution in [2.24, 2.45) is 17.8 Å². The van der Waals surface area contributed by atoms with Crippen LogP contribution in [0.5, 0.6) is 0 Å². The van der Waals surface area contributed by atoms with Gasteiger partial charge < -0.3 is 10.6 Å². The quantitative estimate of drug-likeness (QED) is 0.824. The highest BCUT2D eigenvalue weighted by molar-refractivity contribution is 5.79. The Balaban J connectivity index is 0.000000181. The van der Waals surface area contributed by atoms with Crippen LogP contribution in [0.3, 0.4) is 0 Å². The van der Waals surface area contributed by atoms with E-state index in [-0.39, 0.29) is 0 Å². The molecule has 0 aromatic carbocycles. The highest BCUT2D eigenvalue weighted by Crippen LogP contribution is 2.23. The van der Waals surface area contributed by atoms with Crippen molar-refractivity contribution in [3.63, 3.8) is 0 Å². The van der Waals surface area contributed by atoms with Crippen LogP contribution in [0.2, 0.25) is 0 Å². The van der Waals surface area contributed by atoms with E-state index in [0.717, 1.165) is 45.4 Å². The van der Waals surface area contributed by atoms with Crippen molar-refractivity contribution in [3.8, 4) is 0 Å². The molecule has 24 heavy (non-hydrogen) atoms. The fraction of sp³-hybridized carbons (Fsp3) is 0.842. The molecule has 5 heteroatoms. The van der Waals surface area contributed by atoms with E-state index in [2.05, 4.69) is 10.6 Å². The normalized spacial score (nSPS) is 23.9. The van der Waals surface area contributed by atoms with Gasteiger partial charge in [0, 0.05) is 37.4 Å². The molecule has 0 amide bonds. The average molecular weight is 338 g/mol. The molecule has 1 unspecified atom stereocenters. The van der Waals surface area contributed by atoms with Crippen LogP contribution in [0.1, 0.15) is 59.3 Å². The van der Waals surface area contributed by atoms with Crippen molar-refractivity contribution in [1.82, 2.24) is 10.6 Å². The Kier molecular flexibility index (Phi) is 10.0. The fourth-order valence-electron chi connectivity index (χ4n) is 3.09. The first-order valence-electron chi connectivity index (χ1n) is 9.34. The van der Waals surface area contributed by atoms with Gasteiger partial charge in [-0.15, -0.1) is 0 Å². The molecule has 2 aliphatic heterocycles. The summed E-state index contributed by atoms with van der Waals surface area (Å²) in [5.41, 5.74) is 0. The van der Waals surface area contributed by atoms with Gasteiger partial charge in [-0.3, -0.25) is 14.4 Å². The molecular weight excluding hydrogens is 304 g/mol. The zero-order chi connectivity index (χ0) is 17.9. The highest BCUT2D eigenvalue weighted by atomic mass is 16.1. The maximum atomic E-state index is 10.8. The van der Waals surface area contributed by atoms with Gasteiger partial charge in [-0.2, -0.15) is 0 Å². The van der Waals surface area contributed by atoms with Gasteiger partial charge in [0.05, 0.1) is 0 Å². The van der Waals surface area contributed by atoms with Crippen LogP contribution in [-0.2, 0) is 14.4 Å². The van der Waals surface area contributed by atoms with Crippen LogP contribution in [0.15, 0.2) is 0 Å². The second-order valence-corrected chi connectivity index (χ2v) is 7.21. The van der Waals surface area contributed by atoms with Gasteiger partial charge in [-0.1, -0.05) is 19.3 Å². The lowest BCUT2D eigenvalue weighted by Gasteiger charge is -2.23. The molecule has 0 spiro atoms. The Hall–Kier alpha value is -1.07. The van der Waals surface area contributed by atoms with Crippen molar-refractivity contribution < 1.29 is 14.4 Å². The first-order chi connectivity index (χ1) is 11.4. The standard InChI is InChI=1S/C8H14O.C6H11NO.C5H9NO/c1-7(9)8-5-3-2-4-6-8;1-5(8)6-2-3-7-4-6;1-4(7)5-2-6-3-5/h8H,2-6H2,1H3;6-7H,2-4H2,1H3;5-6H,2-3H2,1H3. The SMILES string of the molecule is CC(=O)C1CCCCC1.CC(=O)C1CCNC1.CC(=O)C1CNC1. The summed E-state index contributed by atoms with van der Waals surface area (Å²) in [6, 6.07) is 0. The zero-order valence-corrected chi connectivity index (χ0v) is 15.5. The number of carbonyl (C=O) groups is 3. The van der Waals surface area contributed by atoms with Crippen LogP contribution in [-0.4, -0.2) is 43.5 Å². The van der Waals surface area contributed by atoms with Crippen molar-refractivity contribution in [2.45, 2.75) is 59.3 Å². The largest absolute Gasteiger partial charge is 0.316 e. The first-order valence-corrected chi connectivity index (χ1v) is 9.34. The number of rotatable bonds is 3.